The number of hydrogen-bond acceptors (Lipinski definition) is 4. The van der Waals surface area contributed by atoms with E-state index in [1.807, 2.05) is 0 Å². The first-order chi connectivity index (χ1) is 8.36. The van der Waals surface area contributed by atoms with Crippen LogP contribution in [0.3, 0.4) is 0 Å². The Kier molecular flexibility index (Phi) is 4.83. The Labute approximate surface area is 106 Å². The van der Waals surface area contributed by atoms with Gasteiger partial charge in [-0.25, -0.2) is 13.6 Å². The smallest absolute Gasteiger partial charge is 0.253 e. The average molecular weight is 272 g/mol. The highest BCUT2D eigenvalue weighted by Crippen LogP contribution is 2.10. The predicted molar refractivity (Wildman–Crippen MR) is 66.7 cm³/mol. The zero-order valence-corrected chi connectivity index (χ0v) is 11.1. The summed E-state index contributed by atoms with van der Waals surface area (Å²) in [4.78, 5) is 13.4. The summed E-state index contributed by atoms with van der Waals surface area (Å²) in [6, 6.07) is 5.50. The van der Waals surface area contributed by atoms with Crippen molar-refractivity contribution < 1.29 is 17.9 Å². The molecule has 1 aromatic carbocycles. The van der Waals surface area contributed by atoms with Gasteiger partial charge in [0.2, 0.25) is 10.0 Å². The Morgan fingerprint density at radius 2 is 1.89 bits per heavy atom. The fourth-order valence-electron chi connectivity index (χ4n) is 1.34. The zero-order chi connectivity index (χ0) is 13.8. The van der Waals surface area contributed by atoms with Crippen molar-refractivity contribution in [2.45, 2.75) is 4.90 Å². The number of amides is 1. The topological polar surface area (TPSA) is 89.7 Å². The van der Waals surface area contributed by atoms with Gasteiger partial charge in [-0.3, -0.25) is 4.79 Å². The maximum Gasteiger partial charge on any atom is 0.253 e. The first-order valence-corrected chi connectivity index (χ1v) is 6.78. The molecule has 1 rings (SSSR count). The molecule has 0 fully saturated rings. The van der Waals surface area contributed by atoms with Crippen LogP contribution in [0, 0.1) is 0 Å². The Morgan fingerprint density at radius 3 is 2.33 bits per heavy atom. The van der Waals surface area contributed by atoms with Crippen LogP contribution in [0.2, 0.25) is 0 Å². The van der Waals surface area contributed by atoms with Crippen LogP contribution in [-0.2, 0) is 14.8 Å². The molecule has 0 aliphatic rings. The largest absolute Gasteiger partial charge is 0.383 e. The molecule has 0 bridgehead atoms. The molecule has 0 spiro atoms. The fourth-order valence-corrected chi connectivity index (χ4v) is 1.85. The van der Waals surface area contributed by atoms with Gasteiger partial charge in [0.15, 0.2) is 0 Å². The fraction of sp³-hybridized carbons (Fsp3) is 0.364. The normalized spacial score (nSPS) is 11.3. The SMILES string of the molecule is COCCN(C)C(=O)c1ccc(S(N)(=O)=O)cc1. The number of ether oxygens (including phenoxy) is 1. The lowest BCUT2D eigenvalue weighted by atomic mass is 10.2. The van der Waals surface area contributed by atoms with Crippen molar-refractivity contribution in [3.05, 3.63) is 29.8 Å². The zero-order valence-electron chi connectivity index (χ0n) is 10.3. The molecule has 7 heteroatoms. The lowest BCUT2D eigenvalue weighted by Gasteiger charge is -2.16. The van der Waals surface area contributed by atoms with Crippen LogP contribution in [0.1, 0.15) is 10.4 Å². The average Bonchev–Trinajstić information content (AvgIpc) is 2.34. The standard InChI is InChI=1S/C11H16N2O4S/c1-13(7-8-17-2)11(14)9-3-5-10(6-4-9)18(12,15)16/h3-6H,7-8H2,1-2H3,(H2,12,15,16). The Morgan fingerprint density at radius 1 is 1.33 bits per heavy atom. The molecule has 0 aliphatic carbocycles. The van der Waals surface area contributed by atoms with Gasteiger partial charge in [0, 0.05) is 26.3 Å². The lowest BCUT2D eigenvalue weighted by Crippen LogP contribution is -2.29. The summed E-state index contributed by atoms with van der Waals surface area (Å²) in [5.74, 6) is -0.201. The summed E-state index contributed by atoms with van der Waals surface area (Å²) < 4.78 is 27.0. The molecule has 0 saturated carbocycles. The van der Waals surface area contributed by atoms with E-state index in [1.54, 1.807) is 14.2 Å². The predicted octanol–water partition coefficient (Wildman–Crippen LogP) is 0.0524. The minimum atomic E-state index is -3.72. The molecular formula is C11H16N2O4S. The van der Waals surface area contributed by atoms with E-state index in [1.165, 1.54) is 29.2 Å². The van der Waals surface area contributed by atoms with E-state index in [4.69, 9.17) is 9.88 Å². The molecule has 18 heavy (non-hydrogen) atoms. The monoisotopic (exact) mass is 272 g/mol. The summed E-state index contributed by atoms with van der Waals surface area (Å²) in [5.41, 5.74) is 0.404. The third-order valence-electron chi connectivity index (χ3n) is 2.41. The van der Waals surface area contributed by atoms with Gasteiger partial charge in [-0.1, -0.05) is 0 Å². The summed E-state index contributed by atoms with van der Waals surface area (Å²) in [5, 5.41) is 4.97. The maximum absolute atomic E-state index is 11.9. The molecule has 1 aromatic rings. The number of carbonyl (C=O) groups is 1. The second kappa shape index (κ2) is 5.94. The number of likely N-dealkylation sites (N-methyl/N-ethyl adjacent to an activating group) is 1. The molecule has 0 atom stereocenters. The van der Waals surface area contributed by atoms with E-state index in [0.29, 0.717) is 18.7 Å². The van der Waals surface area contributed by atoms with Gasteiger partial charge < -0.3 is 9.64 Å². The number of sulfonamides is 1. The quantitative estimate of drug-likeness (QED) is 0.820. The number of nitrogens with zero attached hydrogens (tertiary/aromatic N) is 1. The first-order valence-electron chi connectivity index (χ1n) is 5.23. The number of rotatable bonds is 5. The van der Waals surface area contributed by atoms with Crippen molar-refractivity contribution in [3.63, 3.8) is 0 Å². The highest BCUT2D eigenvalue weighted by atomic mass is 32.2. The van der Waals surface area contributed by atoms with E-state index in [0.717, 1.165) is 0 Å². The molecule has 0 aliphatic heterocycles. The summed E-state index contributed by atoms with van der Waals surface area (Å²) in [6.45, 7) is 0.907. The van der Waals surface area contributed by atoms with Crippen LogP contribution in [0.25, 0.3) is 0 Å². The summed E-state index contributed by atoms with van der Waals surface area (Å²) in [6.07, 6.45) is 0. The van der Waals surface area contributed by atoms with Crippen molar-refractivity contribution in [2.24, 2.45) is 5.14 Å². The minimum Gasteiger partial charge on any atom is -0.383 e. The Balaban J connectivity index is 2.82. The van der Waals surface area contributed by atoms with Gasteiger partial charge in [-0.2, -0.15) is 0 Å². The Hall–Kier alpha value is -1.44. The molecule has 100 valence electrons. The van der Waals surface area contributed by atoms with E-state index < -0.39 is 10.0 Å². The van der Waals surface area contributed by atoms with Crippen molar-refractivity contribution in [2.75, 3.05) is 27.3 Å². The molecule has 0 aromatic heterocycles. The van der Waals surface area contributed by atoms with E-state index in [-0.39, 0.29) is 10.8 Å². The number of primary sulfonamides is 1. The van der Waals surface area contributed by atoms with Crippen LogP contribution in [0.4, 0.5) is 0 Å². The van der Waals surface area contributed by atoms with Gasteiger partial charge in [0.1, 0.15) is 0 Å². The van der Waals surface area contributed by atoms with Gasteiger partial charge in [-0.15, -0.1) is 0 Å². The van der Waals surface area contributed by atoms with E-state index in [9.17, 15) is 13.2 Å². The van der Waals surface area contributed by atoms with Gasteiger partial charge in [0.25, 0.3) is 5.91 Å². The van der Waals surface area contributed by atoms with Crippen molar-refractivity contribution >= 4 is 15.9 Å². The number of hydrogen-bond donors (Lipinski definition) is 1. The van der Waals surface area contributed by atoms with E-state index in [2.05, 4.69) is 0 Å². The van der Waals surface area contributed by atoms with E-state index >= 15 is 0 Å². The number of methoxy groups -OCH3 is 1. The molecule has 0 unspecified atom stereocenters. The van der Waals surface area contributed by atoms with Crippen LogP contribution >= 0.6 is 0 Å². The highest BCUT2D eigenvalue weighted by Gasteiger charge is 2.13. The number of carbonyl (C=O) groups excluding carboxylic acids is 1. The summed E-state index contributed by atoms with van der Waals surface area (Å²) in [7, 11) is -0.522. The second-order valence-corrected chi connectivity index (χ2v) is 5.35. The molecule has 6 nitrogen and oxygen atoms in total. The Bertz CT molecular complexity index is 510. The van der Waals surface area contributed by atoms with Crippen molar-refractivity contribution in [1.29, 1.82) is 0 Å². The highest BCUT2D eigenvalue weighted by molar-refractivity contribution is 7.89. The molecule has 0 radical (unpaired) electrons. The molecule has 2 N–H and O–H groups in total. The third-order valence-corrected chi connectivity index (χ3v) is 3.34. The third kappa shape index (κ3) is 3.80. The first kappa shape index (κ1) is 14.6. The lowest BCUT2D eigenvalue weighted by molar-refractivity contribution is 0.0744. The van der Waals surface area contributed by atoms with Crippen molar-refractivity contribution in [1.82, 2.24) is 4.90 Å². The van der Waals surface area contributed by atoms with Crippen LogP contribution in [0.5, 0.6) is 0 Å². The van der Waals surface area contributed by atoms with Crippen molar-refractivity contribution in [3.8, 4) is 0 Å². The molecular weight excluding hydrogens is 256 g/mol. The molecule has 0 saturated heterocycles. The number of benzene rings is 1. The number of nitrogens with two attached hydrogens (primary N) is 1. The van der Waals surface area contributed by atoms with Crippen LogP contribution in [0.15, 0.2) is 29.2 Å². The molecule has 1 amide bonds. The van der Waals surface area contributed by atoms with Gasteiger partial charge in [0.05, 0.1) is 11.5 Å². The molecule has 0 heterocycles. The van der Waals surface area contributed by atoms with Gasteiger partial charge in [-0.05, 0) is 24.3 Å². The second-order valence-electron chi connectivity index (χ2n) is 3.79. The van der Waals surface area contributed by atoms with Crippen LogP contribution < -0.4 is 5.14 Å². The van der Waals surface area contributed by atoms with Gasteiger partial charge >= 0.3 is 0 Å². The maximum atomic E-state index is 11.9. The van der Waals surface area contributed by atoms with Crippen LogP contribution in [-0.4, -0.2) is 46.5 Å². The minimum absolute atomic E-state index is 0.0152. The summed E-state index contributed by atoms with van der Waals surface area (Å²) >= 11 is 0.